The molecule has 11 heavy (non-hydrogen) atoms. The van der Waals surface area contributed by atoms with Gasteiger partial charge in [0.2, 0.25) is 0 Å². The Hall–Kier alpha value is 0.196. The second kappa shape index (κ2) is 4.95. The third-order valence-electron chi connectivity index (χ3n) is 1.11. The van der Waals surface area contributed by atoms with E-state index in [9.17, 15) is 4.39 Å². The fraction of sp³-hybridized carbons (Fsp3) is 0.143. The van der Waals surface area contributed by atoms with Gasteiger partial charge in [0, 0.05) is 4.47 Å². The van der Waals surface area contributed by atoms with Crippen molar-refractivity contribution >= 4 is 39.0 Å². The van der Waals surface area contributed by atoms with Gasteiger partial charge in [-0.05, 0) is 18.2 Å². The van der Waals surface area contributed by atoms with Crippen LogP contribution in [0.2, 0.25) is 0 Å². The van der Waals surface area contributed by atoms with Crippen molar-refractivity contribution in [3.63, 3.8) is 0 Å². The molecule has 0 saturated carbocycles. The first kappa shape index (κ1) is 11.2. The van der Waals surface area contributed by atoms with Crippen LogP contribution in [0.5, 0.6) is 5.75 Å². The molecule has 0 spiro atoms. The molecular weight excluding hydrogens is 223 g/mol. The molecule has 0 atom stereocenters. The second-order valence-electron chi connectivity index (χ2n) is 1.78. The highest BCUT2D eigenvalue weighted by Crippen LogP contribution is 2.21. The molecule has 0 aliphatic rings. The summed E-state index contributed by atoms with van der Waals surface area (Å²) in [6.45, 7) is 0. The molecule has 0 radical (unpaired) electrons. The Morgan fingerprint density at radius 2 is 2.09 bits per heavy atom. The maximum atomic E-state index is 12.6. The van der Waals surface area contributed by atoms with Crippen LogP contribution in [-0.4, -0.2) is 30.2 Å². The molecule has 0 saturated heterocycles. The molecule has 1 aromatic carbocycles. The highest BCUT2D eigenvalue weighted by atomic mass is 79.9. The van der Waals surface area contributed by atoms with Crippen molar-refractivity contribution in [3.8, 4) is 5.75 Å². The van der Waals surface area contributed by atoms with Crippen LogP contribution in [0.3, 0.4) is 0 Å². The van der Waals surface area contributed by atoms with E-state index in [-0.39, 0.29) is 34.6 Å². The van der Waals surface area contributed by atoms with Gasteiger partial charge in [-0.1, -0.05) is 15.9 Å². The summed E-state index contributed by atoms with van der Waals surface area (Å²) in [6.07, 6.45) is 0. The second-order valence-corrected chi connectivity index (χ2v) is 2.69. The van der Waals surface area contributed by atoms with E-state index in [1.807, 2.05) is 0 Å². The average molecular weight is 231 g/mol. The summed E-state index contributed by atoms with van der Waals surface area (Å²) in [5, 5.41) is 0. The topological polar surface area (TPSA) is 9.23 Å². The van der Waals surface area contributed by atoms with Crippen LogP contribution in [0, 0.1) is 5.82 Å². The maximum absolute atomic E-state index is 12.6. The zero-order chi connectivity index (χ0) is 7.56. The molecule has 1 rings (SSSR count). The van der Waals surface area contributed by atoms with Crippen LogP contribution in [0.4, 0.5) is 4.39 Å². The van der Waals surface area contributed by atoms with E-state index in [2.05, 4.69) is 15.9 Å². The number of hydrogen-bond donors (Lipinski definition) is 0. The minimum atomic E-state index is -0.342. The van der Waals surface area contributed by atoms with Gasteiger partial charge in [-0.3, -0.25) is 0 Å². The Labute approximate surface area is 89.2 Å². The number of halogens is 2. The monoisotopic (exact) mass is 230 g/mol. The molecule has 0 N–H and O–H groups in total. The normalized spacial score (nSPS) is 8.64. The first-order chi connectivity index (χ1) is 4.74. The van der Waals surface area contributed by atoms with Crippen LogP contribution in [-0.2, 0) is 0 Å². The van der Waals surface area contributed by atoms with E-state index >= 15 is 0 Å². The lowest BCUT2D eigenvalue weighted by molar-refractivity contribution is 0.386. The number of methoxy groups -OCH3 is 1. The van der Waals surface area contributed by atoms with Gasteiger partial charge in [-0.15, -0.1) is 0 Å². The lowest BCUT2D eigenvalue weighted by Crippen LogP contribution is -1.86. The van der Waals surface area contributed by atoms with Gasteiger partial charge in [0.25, 0.3) is 0 Å². The number of rotatable bonds is 1. The van der Waals surface area contributed by atoms with Crippen molar-refractivity contribution in [2.75, 3.05) is 7.11 Å². The molecule has 0 aromatic heterocycles. The standard InChI is InChI=1S/C7H6BrFO.Mg.2H/c1-10-7-4-5(8)2-3-6(7)9;;;/h2-4H,1H3;;;. The predicted molar refractivity (Wildman–Crippen MR) is 49.2 cm³/mol. The minimum absolute atomic E-state index is 0. The van der Waals surface area contributed by atoms with E-state index < -0.39 is 0 Å². The number of hydrogen-bond acceptors (Lipinski definition) is 1. The Kier molecular flexibility index (Phi) is 5.04. The molecule has 0 fully saturated rings. The molecule has 0 unspecified atom stereocenters. The summed E-state index contributed by atoms with van der Waals surface area (Å²) < 4.78 is 18.2. The summed E-state index contributed by atoms with van der Waals surface area (Å²) in [6, 6.07) is 4.55. The fourth-order valence-corrected chi connectivity index (χ4v) is 0.974. The zero-order valence-electron chi connectivity index (χ0n) is 5.40. The molecule has 0 heterocycles. The summed E-state index contributed by atoms with van der Waals surface area (Å²) in [7, 11) is 1.44. The van der Waals surface area contributed by atoms with Crippen LogP contribution < -0.4 is 4.74 Å². The zero-order valence-corrected chi connectivity index (χ0v) is 6.98. The fourth-order valence-electron chi connectivity index (χ4n) is 0.634. The van der Waals surface area contributed by atoms with Crippen molar-refractivity contribution in [3.05, 3.63) is 28.5 Å². The molecule has 0 aliphatic heterocycles. The number of ether oxygens (including phenoxy) is 1. The lowest BCUT2D eigenvalue weighted by Gasteiger charge is -1.99. The highest BCUT2D eigenvalue weighted by Gasteiger charge is 1.99. The molecule has 0 aliphatic carbocycles. The Morgan fingerprint density at radius 3 is 2.55 bits per heavy atom. The molecule has 1 aromatic rings. The molecule has 4 heteroatoms. The van der Waals surface area contributed by atoms with Gasteiger partial charge in [-0.25, -0.2) is 4.39 Å². The lowest BCUT2D eigenvalue weighted by atomic mass is 10.3. The van der Waals surface area contributed by atoms with E-state index in [0.717, 1.165) is 4.47 Å². The molecule has 1 nitrogen and oxygen atoms in total. The van der Waals surface area contributed by atoms with Crippen LogP contribution >= 0.6 is 15.9 Å². The first-order valence-electron chi connectivity index (χ1n) is 2.73. The smallest absolute Gasteiger partial charge is 0.316 e. The van der Waals surface area contributed by atoms with E-state index in [1.165, 1.54) is 13.2 Å². The Balaban J connectivity index is 0.000001000. The van der Waals surface area contributed by atoms with Crippen molar-refractivity contribution in [2.24, 2.45) is 0 Å². The Morgan fingerprint density at radius 1 is 1.45 bits per heavy atom. The summed E-state index contributed by atoms with van der Waals surface area (Å²) in [5.74, 6) is -0.0833. The van der Waals surface area contributed by atoms with Gasteiger partial charge < -0.3 is 4.74 Å². The summed E-state index contributed by atoms with van der Waals surface area (Å²) in [5.41, 5.74) is 0. The van der Waals surface area contributed by atoms with Gasteiger partial charge in [-0.2, -0.15) is 0 Å². The maximum Gasteiger partial charge on any atom is 0.316 e. The molecule has 0 bridgehead atoms. The van der Waals surface area contributed by atoms with Crippen molar-refractivity contribution in [1.82, 2.24) is 0 Å². The van der Waals surface area contributed by atoms with Gasteiger partial charge in [0.05, 0.1) is 7.11 Å². The predicted octanol–water partition coefficient (Wildman–Crippen LogP) is 1.68. The van der Waals surface area contributed by atoms with Crippen molar-refractivity contribution in [1.29, 1.82) is 0 Å². The molecule has 58 valence electrons. The Bertz CT molecular complexity index is 242. The summed E-state index contributed by atoms with van der Waals surface area (Å²) in [4.78, 5) is 0. The number of benzene rings is 1. The van der Waals surface area contributed by atoms with Crippen LogP contribution in [0.15, 0.2) is 22.7 Å². The van der Waals surface area contributed by atoms with E-state index in [4.69, 9.17) is 4.74 Å². The van der Waals surface area contributed by atoms with Gasteiger partial charge in [0.1, 0.15) is 0 Å². The quantitative estimate of drug-likeness (QED) is 0.668. The van der Waals surface area contributed by atoms with Crippen LogP contribution in [0.1, 0.15) is 0 Å². The average Bonchev–Trinajstić information content (AvgIpc) is 1.94. The minimum Gasteiger partial charge on any atom is -0.494 e. The summed E-state index contributed by atoms with van der Waals surface area (Å²) >= 11 is 3.19. The molecule has 0 amide bonds. The van der Waals surface area contributed by atoms with Crippen LogP contribution in [0.25, 0.3) is 0 Å². The SMILES string of the molecule is COc1cc(Br)ccc1F.[MgH2]. The first-order valence-corrected chi connectivity index (χ1v) is 3.52. The third-order valence-corrected chi connectivity index (χ3v) is 1.61. The van der Waals surface area contributed by atoms with E-state index in [0.29, 0.717) is 0 Å². The van der Waals surface area contributed by atoms with Gasteiger partial charge in [0.15, 0.2) is 11.6 Å². The molecular formula is C7H8BrFMgO. The highest BCUT2D eigenvalue weighted by molar-refractivity contribution is 9.10. The van der Waals surface area contributed by atoms with Crippen molar-refractivity contribution < 1.29 is 9.13 Å². The third kappa shape index (κ3) is 2.97. The largest absolute Gasteiger partial charge is 0.494 e. The van der Waals surface area contributed by atoms with Gasteiger partial charge >= 0.3 is 23.1 Å². The van der Waals surface area contributed by atoms with Crippen molar-refractivity contribution in [2.45, 2.75) is 0 Å². The van der Waals surface area contributed by atoms with E-state index in [1.54, 1.807) is 12.1 Å².